The van der Waals surface area contributed by atoms with E-state index in [0.717, 1.165) is 12.0 Å². The minimum Gasteiger partial charge on any atom is -0.399 e. The number of carbonyl (C=O) groups is 2. The van der Waals surface area contributed by atoms with Gasteiger partial charge in [-0.1, -0.05) is 19.1 Å². The van der Waals surface area contributed by atoms with Crippen LogP contribution in [0.15, 0.2) is 24.3 Å². The fourth-order valence-corrected chi connectivity index (χ4v) is 1.70. The largest absolute Gasteiger partial charge is 0.399 e. The molecule has 0 unspecified atom stereocenters. The molecule has 0 aliphatic rings. The molecule has 0 heterocycles. The molecule has 5 heteroatoms. The van der Waals surface area contributed by atoms with Crippen LogP contribution in [0.3, 0.4) is 0 Å². The Balaban J connectivity index is 2.77. The molecule has 1 aromatic carbocycles. The smallest absolute Gasteiger partial charge is 0.237 e. The highest BCUT2D eigenvalue weighted by atomic mass is 16.2. The van der Waals surface area contributed by atoms with Crippen LogP contribution in [0.4, 0.5) is 5.69 Å². The van der Waals surface area contributed by atoms with Gasteiger partial charge in [-0.2, -0.15) is 0 Å². The van der Waals surface area contributed by atoms with Crippen LogP contribution in [0.5, 0.6) is 0 Å². The monoisotopic (exact) mass is 249 g/mol. The summed E-state index contributed by atoms with van der Waals surface area (Å²) in [5, 5.41) is 0. The van der Waals surface area contributed by atoms with Gasteiger partial charge in [-0.15, -0.1) is 0 Å². The van der Waals surface area contributed by atoms with Crippen LogP contribution in [0.1, 0.15) is 25.3 Å². The number of nitrogen functional groups attached to an aromatic ring is 1. The Morgan fingerprint density at radius 1 is 1.33 bits per heavy atom. The van der Waals surface area contributed by atoms with E-state index < -0.39 is 5.91 Å². The molecule has 0 radical (unpaired) electrons. The fourth-order valence-electron chi connectivity index (χ4n) is 1.70. The minimum atomic E-state index is -0.511. The number of primary amides is 1. The number of hydrogen-bond acceptors (Lipinski definition) is 3. The molecular formula is C13H19N3O2. The molecule has 0 atom stereocenters. The molecule has 0 saturated heterocycles. The Morgan fingerprint density at radius 2 is 2.06 bits per heavy atom. The second-order valence-electron chi connectivity index (χ2n) is 4.21. The molecule has 0 aliphatic heterocycles. The van der Waals surface area contributed by atoms with Gasteiger partial charge in [0.2, 0.25) is 11.8 Å². The van der Waals surface area contributed by atoms with Gasteiger partial charge in [0.05, 0.1) is 6.54 Å². The van der Waals surface area contributed by atoms with E-state index in [-0.39, 0.29) is 12.5 Å². The van der Waals surface area contributed by atoms with E-state index in [1.165, 1.54) is 4.90 Å². The van der Waals surface area contributed by atoms with Crippen LogP contribution in [0.2, 0.25) is 0 Å². The summed E-state index contributed by atoms with van der Waals surface area (Å²) in [7, 11) is 0. The van der Waals surface area contributed by atoms with Crippen LogP contribution < -0.4 is 11.5 Å². The molecule has 0 aromatic heterocycles. The van der Waals surface area contributed by atoms with Gasteiger partial charge in [0.25, 0.3) is 0 Å². The molecular weight excluding hydrogens is 230 g/mol. The van der Waals surface area contributed by atoms with Gasteiger partial charge >= 0.3 is 0 Å². The van der Waals surface area contributed by atoms with Crippen molar-refractivity contribution in [3.63, 3.8) is 0 Å². The number of nitrogens with two attached hydrogens (primary N) is 2. The van der Waals surface area contributed by atoms with E-state index in [9.17, 15) is 9.59 Å². The van der Waals surface area contributed by atoms with Crippen LogP contribution in [0.25, 0.3) is 0 Å². The molecule has 5 nitrogen and oxygen atoms in total. The van der Waals surface area contributed by atoms with Crippen LogP contribution >= 0.6 is 0 Å². The van der Waals surface area contributed by atoms with Gasteiger partial charge < -0.3 is 16.4 Å². The summed E-state index contributed by atoms with van der Waals surface area (Å²) in [6, 6.07) is 7.24. The summed E-state index contributed by atoms with van der Waals surface area (Å²) in [5.74, 6) is -0.581. The SMILES string of the molecule is CCCC(=O)N(CC(N)=O)Cc1cccc(N)c1. The van der Waals surface area contributed by atoms with Crippen molar-refractivity contribution in [2.45, 2.75) is 26.3 Å². The van der Waals surface area contributed by atoms with Crippen LogP contribution in [-0.4, -0.2) is 23.3 Å². The van der Waals surface area contributed by atoms with Gasteiger partial charge in [-0.05, 0) is 24.1 Å². The van der Waals surface area contributed by atoms with Gasteiger partial charge in [-0.3, -0.25) is 9.59 Å². The normalized spacial score (nSPS) is 10.1. The van der Waals surface area contributed by atoms with Gasteiger partial charge in [0.1, 0.15) is 0 Å². The molecule has 18 heavy (non-hydrogen) atoms. The lowest BCUT2D eigenvalue weighted by Gasteiger charge is -2.21. The maximum Gasteiger partial charge on any atom is 0.237 e. The molecule has 2 amide bonds. The number of anilines is 1. The van der Waals surface area contributed by atoms with Crippen molar-refractivity contribution in [1.29, 1.82) is 0 Å². The Kier molecular flexibility index (Phi) is 5.17. The molecule has 4 N–H and O–H groups in total. The van der Waals surface area contributed by atoms with Crippen molar-refractivity contribution < 1.29 is 9.59 Å². The first kappa shape index (κ1) is 14.0. The third-order valence-corrected chi connectivity index (χ3v) is 2.49. The fraction of sp³-hybridized carbons (Fsp3) is 0.385. The van der Waals surface area contributed by atoms with E-state index in [1.807, 2.05) is 19.1 Å². The third kappa shape index (κ3) is 4.45. The molecule has 1 rings (SSSR count). The van der Waals surface area contributed by atoms with Crippen LogP contribution in [0, 0.1) is 0 Å². The zero-order chi connectivity index (χ0) is 13.5. The summed E-state index contributed by atoms with van der Waals surface area (Å²) < 4.78 is 0. The number of rotatable bonds is 6. The highest BCUT2D eigenvalue weighted by molar-refractivity contribution is 5.83. The first-order valence-electron chi connectivity index (χ1n) is 5.93. The van der Waals surface area contributed by atoms with Crippen molar-refractivity contribution in [2.75, 3.05) is 12.3 Å². The zero-order valence-corrected chi connectivity index (χ0v) is 10.6. The summed E-state index contributed by atoms with van der Waals surface area (Å²) in [6.07, 6.45) is 1.15. The highest BCUT2D eigenvalue weighted by Crippen LogP contribution is 2.10. The van der Waals surface area contributed by atoms with Crippen molar-refractivity contribution in [1.82, 2.24) is 4.90 Å². The van der Waals surface area contributed by atoms with Gasteiger partial charge in [-0.25, -0.2) is 0 Å². The Labute approximate surface area is 107 Å². The summed E-state index contributed by atoms with van der Waals surface area (Å²) in [5.41, 5.74) is 12.4. The second-order valence-corrected chi connectivity index (χ2v) is 4.21. The van der Waals surface area contributed by atoms with E-state index >= 15 is 0 Å². The molecule has 0 spiro atoms. The molecule has 0 bridgehead atoms. The Bertz CT molecular complexity index is 432. The standard InChI is InChI=1S/C13H19N3O2/c1-2-4-13(18)16(9-12(15)17)8-10-5-3-6-11(14)7-10/h3,5-7H,2,4,8-9,14H2,1H3,(H2,15,17). The number of amides is 2. The first-order valence-corrected chi connectivity index (χ1v) is 5.93. The lowest BCUT2D eigenvalue weighted by Crippen LogP contribution is -2.37. The van der Waals surface area contributed by atoms with Gasteiger partial charge in [0.15, 0.2) is 0 Å². The van der Waals surface area contributed by atoms with Gasteiger partial charge in [0, 0.05) is 18.7 Å². The molecule has 98 valence electrons. The van der Waals surface area contributed by atoms with E-state index in [4.69, 9.17) is 11.5 Å². The molecule has 0 aliphatic carbocycles. The topological polar surface area (TPSA) is 89.4 Å². The maximum atomic E-state index is 11.9. The van der Waals surface area contributed by atoms with Crippen molar-refractivity contribution in [3.05, 3.63) is 29.8 Å². The first-order chi connectivity index (χ1) is 8.52. The van der Waals surface area contributed by atoms with E-state index in [1.54, 1.807) is 12.1 Å². The lowest BCUT2D eigenvalue weighted by atomic mass is 10.1. The van der Waals surface area contributed by atoms with Crippen molar-refractivity contribution in [2.24, 2.45) is 5.73 Å². The van der Waals surface area contributed by atoms with E-state index in [2.05, 4.69) is 0 Å². The number of hydrogen-bond donors (Lipinski definition) is 2. The molecule has 0 fully saturated rings. The Morgan fingerprint density at radius 3 is 2.61 bits per heavy atom. The van der Waals surface area contributed by atoms with Crippen LogP contribution in [-0.2, 0) is 16.1 Å². The average Bonchev–Trinajstić information content (AvgIpc) is 2.28. The maximum absolute atomic E-state index is 11.9. The minimum absolute atomic E-state index is 0.0619. The Hall–Kier alpha value is -2.04. The highest BCUT2D eigenvalue weighted by Gasteiger charge is 2.15. The van der Waals surface area contributed by atoms with E-state index in [0.29, 0.717) is 18.7 Å². The lowest BCUT2D eigenvalue weighted by molar-refractivity contribution is -0.135. The van der Waals surface area contributed by atoms with Crippen molar-refractivity contribution >= 4 is 17.5 Å². The number of nitrogens with zero attached hydrogens (tertiary/aromatic N) is 1. The summed E-state index contributed by atoms with van der Waals surface area (Å²) in [4.78, 5) is 24.3. The molecule has 0 saturated carbocycles. The number of benzene rings is 1. The summed E-state index contributed by atoms with van der Waals surface area (Å²) >= 11 is 0. The predicted molar refractivity (Wildman–Crippen MR) is 70.4 cm³/mol. The second kappa shape index (κ2) is 6.64. The average molecular weight is 249 g/mol. The quantitative estimate of drug-likeness (QED) is 0.733. The van der Waals surface area contributed by atoms with Crippen molar-refractivity contribution in [3.8, 4) is 0 Å². The zero-order valence-electron chi connectivity index (χ0n) is 10.6. The third-order valence-electron chi connectivity index (χ3n) is 2.49. The predicted octanol–water partition coefficient (Wildman–Crippen LogP) is 0.883. The molecule has 1 aromatic rings. The summed E-state index contributed by atoms with van der Waals surface area (Å²) in [6.45, 7) is 2.21. The number of carbonyl (C=O) groups excluding carboxylic acids is 2.